The monoisotopic (exact) mass is 407 g/mol. The first-order valence-corrected chi connectivity index (χ1v) is 11.0. The Labute approximate surface area is 174 Å². The molecular formula is C23H25N3O2S. The molecule has 1 saturated carbocycles. The largest absolute Gasteiger partial charge is 0.325 e. The molecule has 1 unspecified atom stereocenters. The van der Waals surface area contributed by atoms with E-state index in [0.717, 1.165) is 36.9 Å². The van der Waals surface area contributed by atoms with E-state index in [0.29, 0.717) is 16.1 Å². The van der Waals surface area contributed by atoms with Crippen LogP contribution in [-0.2, 0) is 4.79 Å². The van der Waals surface area contributed by atoms with E-state index >= 15 is 0 Å². The average molecular weight is 408 g/mol. The number of rotatable bonds is 5. The SMILES string of the molecule is Cc1ccccc1NC(=O)C(C)Sc1nc2ccccc2c(=O)n1C1CCCC1. The van der Waals surface area contributed by atoms with Crippen molar-refractivity contribution in [1.82, 2.24) is 9.55 Å². The van der Waals surface area contributed by atoms with Gasteiger partial charge in [-0.25, -0.2) is 4.98 Å². The second-order valence-corrected chi connectivity index (χ2v) is 8.90. The smallest absolute Gasteiger partial charge is 0.262 e. The van der Waals surface area contributed by atoms with Gasteiger partial charge < -0.3 is 5.32 Å². The third-order valence-corrected chi connectivity index (χ3v) is 6.59. The van der Waals surface area contributed by atoms with Crippen LogP contribution in [0.15, 0.2) is 58.5 Å². The molecule has 0 spiro atoms. The summed E-state index contributed by atoms with van der Waals surface area (Å²) >= 11 is 1.36. The molecule has 1 aliphatic rings. The number of hydrogen-bond acceptors (Lipinski definition) is 4. The van der Waals surface area contributed by atoms with Gasteiger partial charge in [0.05, 0.1) is 16.2 Å². The number of amides is 1. The van der Waals surface area contributed by atoms with Crippen LogP contribution in [0.5, 0.6) is 0 Å². The molecule has 6 heteroatoms. The number of carbonyl (C=O) groups excluding carboxylic acids is 1. The summed E-state index contributed by atoms with van der Waals surface area (Å²) in [5.74, 6) is -0.0929. The van der Waals surface area contributed by atoms with Crippen molar-refractivity contribution in [3.8, 4) is 0 Å². The highest BCUT2D eigenvalue weighted by atomic mass is 32.2. The van der Waals surface area contributed by atoms with Gasteiger partial charge in [0, 0.05) is 11.7 Å². The van der Waals surface area contributed by atoms with Gasteiger partial charge in [-0.2, -0.15) is 0 Å². The Morgan fingerprint density at radius 3 is 2.59 bits per heavy atom. The van der Waals surface area contributed by atoms with Gasteiger partial charge in [0.15, 0.2) is 5.16 Å². The molecule has 1 amide bonds. The zero-order chi connectivity index (χ0) is 20.4. The van der Waals surface area contributed by atoms with Crippen LogP contribution in [0.2, 0.25) is 0 Å². The molecule has 1 aromatic heterocycles. The summed E-state index contributed by atoms with van der Waals surface area (Å²) in [6, 6.07) is 15.3. The van der Waals surface area contributed by atoms with Crippen LogP contribution in [0.1, 0.15) is 44.2 Å². The van der Waals surface area contributed by atoms with Gasteiger partial charge in [-0.1, -0.05) is 54.9 Å². The topological polar surface area (TPSA) is 64.0 Å². The van der Waals surface area contributed by atoms with Crippen molar-refractivity contribution < 1.29 is 4.79 Å². The summed E-state index contributed by atoms with van der Waals surface area (Å²) in [7, 11) is 0. The molecular weight excluding hydrogens is 382 g/mol. The van der Waals surface area contributed by atoms with Crippen molar-refractivity contribution >= 4 is 34.3 Å². The van der Waals surface area contributed by atoms with Crippen LogP contribution < -0.4 is 10.9 Å². The van der Waals surface area contributed by atoms with Crippen LogP contribution >= 0.6 is 11.8 Å². The van der Waals surface area contributed by atoms with E-state index in [9.17, 15) is 9.59 Å². The Morgan fingerprint density at radius 1 is 1.14 bits per heavy atom. The van der Waals surface area contributed by atoms with Gasteiger partial charge in [-0.15, -0.1) is 0 Å². The lowest BCUT2D eigenvalue weighted by atomic mass is 10.2. The number of aryl methyl sites for hydroxylation is 1. The van der Waals surface area contributed by atoms with Gasteiger partial charge in [-0.3, -0.25) is 14.2 Å². The molecule has 2 aromatic carbocycles. The highest BCUT2D eigenvalue weighted by Crippen LogP contribution is 2.33. The first-order chi connectivity index (χ1) is 14.0. The molecule has 150 valence electrons. The van der Waals surface area contributed by atoms with Crippen molar-refractivity contribution in [2.24, 2.45) is 0 Å². The van der Waals surface area contributed by atoms with E-state index in [4.69, 9.17) is 4.98 Å². The minimum absolute atomic E-state index is 0.00323. The molecule has 5 nitrogen and oxygen atoms in total. The first-order valence-electron chi connectivity index (χ1n) is 10.1. The molecule has 29 heavy (non-hydrogen) atoms. The molecule has 0 saturated heterocycles. The lowest BCUT2D eigenvalue weighted by Crippen LogP contribution is -2.29. The molecule has 1 atom stereocenters. The Morgan fingerprint density at radius 2 is 1.83 bits per heavy atom. The highest BCUT2D eigenvalue weighted by molar-refractivity contribution is 8.00. The van der Waals surface area contributed by atoms with E-state index in [2.05, 4.69) is 5.32 Å². The van der Waals surface area contributed by atoms with Crippen molar-refractivity contribution in [2.75, 3.05) is 5.32 Å². The van der Waals surface area contributed by atoms with Crippen molar-refractivity contribution in [3.05, 3.63) is 64.4 Å². The lowest BCUT2D eigenvalue weighted by molar-refractivity contribution is -0.115. The summed E-state index contributed by atoms with van der Waals surface area (Å²) in [6.45, 7) is 3.83. The zero-order valence-electron chi connectivity index (χ0n) is 16.7. The maximum Gasteiger partial charge on any atom is 0.262 e. The Bertz CT molecular complexity index is 1100. The molecule has 0 radical (unpaired) electrons. The summed E-state index contributed by atoms with van der Waals surface area (Å²) < 4.78 is 1.83. The summed E-state index contributed by atoms with van der Waals surface area (Å²) in [6.07, 6.45) is 4.21. The number of thioether (sulfide) groups is 1. The maximum atomic E-state index is 13.2. The highest BCUT2D eigenvalue weighted by Gasteiger charge is 2.25. The van der Waals surface area contributed by atoms with E-state index < -0.39 is 0 Å². The third kappa shape index (κ3) is 4.08. The first kappa shape index (κ1) is 19.7. The second kappa shape index (κ2) is 8.41. The van der Waals surface area contributed by atoms with Crippen molar-refractivity contribution in [1.29, 1.82) is 0 Å². The standard InChI is InChI=1S/C23H25N3O2S/c1-15-9-3-7-13-19(15)24-21(27)16(2)29-23-25-20-14-8-6-12-18(20)22(28)26(23)17-10-4-5-11-17/h3,6-9,12-14,16-17H,4-5,10-11H2,1-2H3,(H,24,27). The normalized spacial score (nSPS) is 15.5. The Kier molecular flexibility index (Phi) is 5.72. The van der Waals surface area contributed by atoms with E-state index in [1.165, 1.54) is 11.8 Å². The van der Waals surface area contributed by atoms with Gasteiger partial charge in [0.2, 0.25) is 5.91 Å². The molecule has 0 aliphatic heterocycles. The van der Waals surface area contributed by atoms with E-state index in [-0.39, 0.29) is 22.8 Å². The molecule has 1 N–H and O–H groups in total. The fourth-order valence-electron chi connectivity index (χ4n) is 3.85. The predicted octanol–water partition coefficient (Wildman–Crippen LogP) is 4.94. The molecule has 4 rings (SSSR count). The zero-order valence-corrected chi connectivity index (χ0v) is 17.5. The summed E-state index contributed by atoms with van der Waals surface area (Å²) in [5.41, 5.74) is 2.51. The summed E-state index contributed by atoms with van der Waals surface area (Å²) in [4.78, 5) is 30.8. The second-order valence-electron chi connectivity index (χ2n) is 7.59. The molecule has 3 aromatic rings. The van der Waals surface area contributed by atoms with Crippen LogP contribution in [-0.4, -0.2) is 20.7 Å². The number of fused-ring (bicyclic) bond motifs is 1. The average Bonchev–Trinajstić information content (AvgIpc) is 3.24. The number of nitrogens with one attached hydrogen (secondary N) is 1. The van der Waals surface area contributed by atoms with E-state index in [1.807, 2.05) is 66.9 Å². The number of anilines is 1. The summed E-state index contributed by atoms with van der Waals surface area (Å²) in [5, 5.41) is 3.89. The number of para-hydroxylation sites is 2. The number of benzene rings is 2. The number of nitrogens with zero attached hydrogens (tertiary/aromatic N) is 2. The molecule has 1 heterocycles. The molecule has 0 bridgehead atoms. The Balaban J connectivity index is 1.65. The Hall–Kier alpha value is -2.60. The fraction of sp³-hybridized carbons (Fsp3) is 0.348. The fourth-order valence-corrected chi connectivity index (χ4v) is 4.83. The van der Waals surface area contributed by atoms with Gasteiger partial charge in [0.1, 0.15) is 0 Å². The van der Waals surface area contributed by atoms with Crippen LogP contribution in [0.3, 0.4) is 0 Å². The van der Waals surface area contributed by atoms with Crippen molar-refractivity contribution in [2.45, 2.75) is 56.0 Å². The van der Waals surface area contributed by atoms with Crippen LogP contribution in [0.4, 0.5) is 5.69 Å². The molecule has 1 aliphatic carbocycles. The number of aromatic nitrogens is 2. The lowest BCUT2D eigenvalue weighted by Gasteiger charge is -2.20. The van der Waals surface area contributed by atoms with Crippen LogP contribution in [0.25, 0.3) is 10.9 Å². The quantitative estimate of drug-likeness (QED) is 0.481. The minimum atomic E-state index is -0.379. The van der Waals surface area contributed by atoms with Gasteiger partial charge in [0.25, 0.3) is 5.56 Å². The molecule has 1 fully saturated rings. The number of hydrogen-bond donors (Lipinski definition) is 1. The van der Waals surface area contributed by atoms with E-state index in [1.54, 1.807) is 0 Å². The van der Waals surface area contributed by atoms with Crippen molar-refractivity contribution in [3.63, 3.8) is 0 Å². The van der Waals surface area contributed by atoms with Crippen LogP contribution in [0, 0.1) is 6.92 Å². The number of carbonyl (C=O) groups is 1. The minimum Gasteiger partial charge on any atom is -0.325 e. The predicted molar refractivity (Wildman–Crippen MR) is 119 cm³/mol. The third-order valence-electron chi connectivity index (χ3n) is 5.52. The maximum absolute atomic E-state index is 13.2. The van der Waals surface area contributed by atoms with Gasteiger partial charge in [-0.05, 0) is 50.5 Å². The van der Waals surface area contributed by atoms with Gasteiger partial charge >= 0.3 is 0 Å².